The second-order valence-electron chi connectivity index (χ2n) is 5.77. The van der Waals surface area contributed by atoms with Gasteiger partial charge in [0, 0.05) is 4.43 Å². The first-order valence-electron chi connectivity index (χ1n) is 7.63. The Balaban J connectivity index is 1.80. The third kappa shape index (κ3) is 3.49. The van der Waals surface area contributed by atoms with Gasteiger partial charge in [0.1, 0.15) is 0 Å². The summed E-state index contributed by atoms with van der Waals surface area (Å²) in [5, 5.41) is 0. The number of hydrogen-bond acceptors (Lipinski definition) is 1. The quantitative estimate of drug-likeness (QED) is 0.489. The molecular formula is C19H21IO. The lowest BCUT2D eigenvalue weighted by Gasteiger charge is -2.29. The summed E-state index contributed by atoms with van der Waals surface area (Å²) in [4.78, 5) is 0. The third-order valence-electron chi connectivity index (χ3n) is 4.23. The molecule has 0 aromatic heterocycles. The minimum absolute atomic E-state index is 0.183. The van der Waals surface area contributed by atoms with Gasteiger partial charge in [0.15, 0.2) is 0 Å². The molecule has 0 radical (unpaired) electrons. The summed E-state index contributed by atoms with van der Waals surface area (Å²) in [5.41, 5.74) is 5.45. The van der Waals surface area contributed by atoms with Crippen LogP contribution in [0, 0.1) is 6.92 Å². The summed E-state index contributed by atoms with van der Waals surface area (Å²) in [7, 11) is 0. The lowest BCUT2D eigenvalue weighted by atomic mass is 9.89. The predicted molar refractivity (Wildman–Crippen MR) is 96.0 cm³/mol. The molecule has 0 saturated heterocycles. The van der Waals surface area contributed by atoms with Gasteiger partial charge in [0.25, 0.3) is 0 Å². The number of halogens is 1. The molecule has 0 heterocycles. The Kier molecular flexibility index (Phi) is 4.96. The number of hydrogen-bond donors (Lipinski definition) is 0. The summed E-state index contributed by atoms with van der Waals surface area (Å²) in [5.74, 6) is 0. The maximum Gasteiger partial charge on any atom is 0.0922 e. The van der Waals surface area contributed by atoms with Gasteiger partial charge >= 0.3 is 0 Å². The van der Waals surface area contributed by atoms with Crippen LogP contribution in [0.2, 0.25) is 0 Å². The van der Waals surface area contributed by atoms with E-state index in [1.165, 1.54) is 35.1 Å². The van der Waals surface area contributed by atoms with E-state index < -0.39 is 0 Å². The van der Waals surface area contributed by atoms with E-state index in [0.29, 0.717) is 0 Å². The normalized spacial score (nSPS) is 19.0. The van der Waals surface area contributed by atoms with Crippen molar-refractivity contribution in [1.29, 1.82) is 0 Å². The largest absolute Gasteiger partial charge is 0.365 e. The van der Waals surface area contributed by atoms with Crippen LogP contribution in [-0.2, 0) is 11.2 Å². The van der Waals surface area contributed by atoms with Crippen LogP contribution in [0.4, 0.5) is 0 Å². The van der Waals surface area contributed by atoms with Crippen molar-refractivity contribution in [1.82, 2.24) is 0 Å². The highest BCUT2D eigenvalue weighted by Gasteiger charge is 2.24. The van der Waals surface area contributed by atoms with Gasteiger partial charge in [-0.1, -0.05) is 76.7 Å². The zero-order valence-corrected chi connectivity index (χ0v) is 14.5. The highest BCUT2D eigenvalue weighted by molar-refractivity contribution is 14.1. The van der Waals surface area contributed by atoms with Crippen molar-refractivity contribution >= 4 is 22.6 Å². The number of benzene rings is 2. The maximum atomic E-state index is 6.49. The molecule has 21 heavy (non-hydrogen) atoms. The summed E-state index contributed by atoms with van der Waals surface area (Å²) < 4.78 is 7.47. The fourth-order valence-corrected chi connectivity index (χ4v) is 3.75. The van der Waals surface area contributed by atoms with E-state index in [4.69, 9.17) is 4.74 Å². The zero-order chi connectivity index (χ0) is 14.7. The molecule has 2 aromatic carbocycles. The molecule has 0 spiro atoms. The summed E-state index contributed by atoms with van der Waals surface area (Å²) in [6, 6.07) is 17.5. The Morgan fingerprint density at radius 2 is 1.90 bits per heavy atom. The average molecular weight is 392 g/mol. The van der Waals surface area contributed by atoms with Gasteiger partial charge in [-0.25, -0.2) is 0 Å². The lowest BCUT2D eigenvalue weighted by Crippen LogP contribution is -2.16. The van der Waals surface area contributed by atoms with Gasteiger partial charge in [-0.05, 0) is 42.9 Å². The molecule has 1 aliphatic rings. The van der Waals surface area contributed by atoms with Crippen molar-refractivity contribution < 1.29 is 4.74 Å². The summed E-state index contributed by atoms with van der Waals surface area (Å²) in [6.07, 6.45) is 3.98. The van der Waals surface area contributed by atoms with Gasteiger partial charge in [-0.3, -0.25) is 0 Å². The highest BCUT2D eigenvalue weighted by atomic mass is 127. The van der Waals surface area contributed by atoms with Crippen LogP contribution in [0.1, 0.15) is 47.3 Å². The molecule has 3 rings (SSSR count). The van der Waals surface area contributed by atoms with Crippen molar-refractivity contribution in [2.75, 3.05) is 4.43 Å². The number of alkyl halides is 1. The van der Waals surface area contributed by atoms with E-state index in [-0.39, 0.29) is 12.2 Å². The lowest BCUT2D eigenvalue weighted by molar-refractivity contribution is -0.0101. The molecule has 2 heteroatoms. The van der Waals surface area contributed by atoms with E-state index in [1.807, 2.05) is 0 Å². The Bertz CT molecular complexity index is 591. The topological polar surface area (TPSA) is 9.23 Å². The second kappa shape index (κ2) is 6.93. The molecule has 0 bridgehead atoms. The molecule has 110 valence electrons. The monoisotopic (exact) mass is 392 g/mol. The van der Waals surface area contributed by atoms with Crippen LogP contribution in [0.5, 0.6) is 0 Å². The predicted octanol–water partition coefficient (Wildman–Crippen LogP) is 5.57. The van der Waals surface area contributed by atoms with E-state index in [2.05, 4.69) is 78.0 Å². The molecule has 1 nitrogen and oxygen atoms in total. The van der Waals surface area contributed by atoms with Gasteiger partial charge in [0.05, 0.1) is 12.2 Å². The molecule has 2 atom stereocenters. The number of ether oxygens (including phenoxy) is 1. The molecule has 2 aromatic rings. The van der Waals surface area contributed by atoms with Crippen molar-refractivity contribution in [3.05, 3.63) is 70.8 Å². The molecule has 2 unspecified atom stereocenters. The van der Waals surface area contributed by atoms with Crippen molar-refractivity contribution in [2.24, 2.45) is 0 Å². The fourth-order valence-electron chi connectivity index (χ4n) is 3.03. The van der Waals surface area contributed by atoms with Crippen molar-refractivity contribution in [2.45, 2.75) is 38.4 Å². The second-order valence-corrected chi connectivity index (χ2v) is 6.65. The number of aryl methyl sites for hydroxylation is 2. The van der Waals surface area contributed by atoms with Crippen molar-refractivity contribution in [3.63, 3.8) is 0 Å². The van der Waals surface area contributed by atoms with Crippen LogP contribution in [0.25, 0.3) is 0 Å². The maximum absolute atomic E-state index is 6.49. The van der Waals surface area contributed by atoms with E-state index in [0.717, 1.165) is 10.8 Å². The smallest absolute Gasteiger partial charge is 0.0922 e. The SMILES string of the molecule is Cc1ccc(C(CI)OC2CCCc3ccccc32)cc1. The molecule has 0 N–H and O–H groups in total. The first kappa shape index (κ1) is 15.0. The van der Waals surface area contributed by atoms with Gasteiger partial charge in [0.2, 0.25) is 0 Å². The molecule has 1 aliphatic carbocycles. The first-order chi connectivity index (χ1) is 10.3. The van der Waals surface area contributed by atoms with Gasteiger partial charge in [-0.15, -0.1) is 0 Å². The standard InChI is InChI=1S/C19H21IO/c1-14-9-11-16(12-10-14)19(13-20)21-18-8-4-6-15-5-2-3-7-17(15)18/h2-3,5,7,9-12,18-19H,4,6,8,13H2,1H3. The third-order valence-corrected chi connectivity index (χ3v) is 5.03. The number of fused-ring (bicyclic) bond motifs is 1. The number of rotatable bonds is 4. The average Bonchev–Trinajstić information content (AvgIpc) is 2.54. The highest BCUT2D eigenvalue weighted by Crippen LogP contribution is 2.36. The summed E-state index contributed by atoms with van der Waals surface area (Å²) >= 11 is 2.43. The molecule has 0 fully saturated rings. The van der Waals surface area contributed by atoms with E-state index in [9.17, 15) is 0 Å². The van der Waals surface area contributed by atoms with Crippen LogP contribution in [-0.4, -0.2) is 4.43 Å². The molecule has 0 aliphatic heterocycles. The first-order valence-corrected chi connectivity index (χ1v) is 9.16. The Morgan fingerprint density at radius 1 is 1.14 bits per heavy atom. The van der Waals surface area contributed by atoms with Gasteiger partial charge < -0.3 is 4.74 Å². The van der Waals surface area contributed by atoms with Crippen LogP contribution >= 0.6 is 22.6 Å². The zero-order valence-electron chi connectivity index (χ0n) is 12.4. The molecule has 0 saturated carbocycles. The Labute approximate surface area is 140 Å². The van der Waals surface area contributed by atoms with Crippen LogP contribution in [0.3, 0.4) is 0 Å². The van der Waals surface area contributed by atoms with Crippen LogP contribution < -0.4 is 0 Å². The fraction of sp³-hybridized carbons (Fsp3) is 0.368. The molecule has 0 amide bonds. The Hall–Kier alpha value is -0.870. The van der Waals surface area contributed by atoms with Gasteiger partial charge in [-0.2, -0.15) is 0 Å². The van der Waals surface area contributed by atoms with E-state index >= 15 is 0 Å². The van der Waals surface area contributed by atoms with E-state index in [1.54, 1.807) is 0 Å². The minimum atomic E-state index is 0.183. The van der Waals surface area contributed by atoms with Crippen LogP contribution in [0.15, 0.2) is 48.5 Å². The Morgan fingerprint density at radius 3 is 2.67 bits per heavy atom. The summed E-state index contributed by atoms with van der Waals surface area (Å²) in [6.45, 7) is 2.13. The van der Waals surface area contributed by atoms with Crippen molar-refractivity contribution in [3.8, 4) is 0 Å². The molecular weight excluding hydrogens is 371 g/mol. The minimum Gasteiger partial charge on any atom is -0.365 e.